The number of hydrogen-bond acceptors (Lipinski definition) is 4. The van der Waals surface area contributed by atoms with Crippen molar-refractivity contribution < 1.29 is 13.9 Å². The molecule has 2 atom stereocenters. The van der Waals surface area contributed by atoms with Gasteiger partial charge in [0.1, 0.15) is 23.1 Å². The summed E-state index contributed by atoms with van der Waals surface area (Å²) in [6.45, 7) is 4.02. The van der Waals surface area contributed by atoms with Gasteiger partial charge in [-0.2, -0.15) is 0 Å². The number of aromatic nitrogens is 2. The first kappa shape index (κ1) is 26.5. The van der Waals surface area contributed by atoms with E-state index >= 15 is 0 Å². The largest absolute Gasteiger partial charge is 0.497 e. The molecule has 41 heavy (non-hydrogen) atoms. The lowest BCUT2D eigenvalue weighted by molar-refractivity contribution is 0.413. The van der Waals surface area contributed by atoms with Gasteiger partial charge in [0.25, 0.3) is 0 Å². The number of ether oxygens (including phenoxy) is 2. The third-order valence-electron chi connectivity index (χ3n) is 7.39. The summed E-state index contributed by atoms with van der Waals surface area (Å²) < 4.78 is 28.2. The molecule has 3 heterocycles. The number of nitrogens with one attached hydrogen (secondary N) is 1. The molecule has 8 heteroatoms. The molecule has 206 valence electrons. The molecule has 1 N–H and O–H groups in total. The van der Waals surface area contributed by atoms with Crippen LogP contribution in [0.1, 0.15) is 34.7 Å². The van der Waals surface area contributed by atoms with E-state index in [1.165, 1.54) is 6.07 Å². The number of nitrogens with zero attached hydrogens (tertiary/aromatic N) is 3. The van der Waals surface area contributed by atoms with Crippen molar-refractivity contribution in [2.45, 2.75) is 25.9 Å². The summed E-state index contributed by atoms with van der Waals surface area (Å²) >= 11 is 5.91. The van der Waals surface area contributed by atoms with E-state index < -0.39 is 0 Å². The van der Waals surface area contributed by atoms with Gasteiger partial charge in [-0.15, -0.1) is 0 Å². The summed E-state index contributed by atoms with van der Waals surface area (Å²) in [6.07, 6.45) is 1.79. The normalized spacial score (nSPS) is 16.5. The van der Waals surface area contributed by atoms with Crippen molar-refractivity contribution >= 4 is 23.0 Å². The van der Waals surface area contributed by atoms with Gasteiger partial charge in [0.05, 0.1) is 30.6 Å². The average molecular weight is 565 g/mol. The lowest BCUT2D eigenvalue weighted by atomic mass is 9.96. The number of aryl methyl sites for hydroxylation is 1. The van der Waals surface area contributed by atoms with Gasteiger partial charge in [-0.25, -0.2) is 4.39 Å². The second kappa shape index (κ2) is 11.1. The first-order valence-electron chi connectivity index (χ1n) is 13.3. The highest BCUT2D eigenvalue weighted by Gasteiger charge is 2.42. The van der Waals surface area contributed by atoms with Gasteiger partial charge in [-0.05, 0) is 110 Å². The average Bonchev–Trinajstić information content (AvgIpc) is 3.49. The van der Waals surface area contributed by atoms with Crippen LogP contribution in [0.15, 0.2) is 103 Å². The van der Waals surface area contributed by atoms with Crippen molar-refractivity contribution in [3.63, 3.8) is 0 Å². The molecule has 6 nitrogen and oxygen atoms in total. The highest BCUT2D eigenvalue weighted by atomic mass is 32.1. The Bertz CT molecular complexity index is 1690. The Morgan fingerprint density at radius 3 is 2.17 bits per heavy atom. The lowest BCUT2D eigenvalue weighted by Gasteiger charge is -2.28. The monoisotopic (exact) mass is 564 g/mol. The van der Waals surface area contributed by atoms with E-state index in [-0.39, 0.29) is 17.9 Å². The van der Waals surface area contributed by atoms with Gasteiger partial charge in [0, 0.05) is 23.3 Å². The summed E-state index contributed by atoms with van der Waals surface area (Å²) in [7, 11) is 1.63. The molecule has 0 radical (unpaired) electrons. The number of hydrogen-bond donors (Lipinski definition) is 1. The summed E-state index contributed by atoms with van der Waals surface area (Å²) in [6, 6.07) is 29.7. The van der Waals surface area contributed by atoms with E-state index in [0.717, 1.165) is 34.1 Å². The van der Waals surface area contributed by atoms with Gasteiger partial charge >= 0.3 is 0 Å². The Balaban J connectivity index is 1.39. The summed E-state index contributed by atoms with van der Waals surface area (Å²) in [4.78, 5) is 6.77. The van der Waals surface area contributed by atoms with Gasteiger partial charge in [-0.3, -0.25) is 4.98 Å². The molecule has 1 fully saturated rings. The number of benzene rings is 3. The molecule has 0 spiro atoms. The van der Waals surface area contributed by atoms with E-state index in [1.807, 2.05) is 91.2 Å². The predicted molar refractivity (Wildman–Crippen MR) is 163 cm³/mol. The van der Waals surface area contributed by atoms with Crippen LogP contribution in [0.2, 0.25) is 0 Å². The zero-order valence-corrected chi connectivity index (χ0v) is 23.7. The van der Waals surface area contributed by atoms with Crippen LogP contribution in [0.3, 0.4) is 0 Å². The highest BCUT2D eigenvalue weighted by Crippen LogP contribution is 2.44. The molecule has 1 aliphatic heterocycles. The minimum Gasteiger partial charge on any atom is -0.497 e. The number of anilines is 1. The second-order valence-corrected chi connectivity index (χ2v) is 10.3. The smallest absolute Gasteiger partial charge is 0.174 e. The molecule has 0 bridgehead atoms. The number of para-hydroxylation sites is 1. The van der Waals surface area contributed by atoms with Gasteiger partial charge in [-0.1, -0.05) is 18.2 Å². The van der Waals surface area contributed by atoms with Gasteiger partial charge in [0.2, 0.25) is 0 Å². The Labute approximate surface area is 244 Å². The Kier molecular flexibility index (Phi) is 7.15. The fourth-order valence-electron chi connectivity index (χ4n) is 5.49. The lowest BCUT2D eigenvalue weighted by Crippen LogP contribution is -2.29. The molecule has 5 aromatic rings. The van der Waals surface area contributed by atoms with Crippen LogP contribution in [0.4, 0.5) is 10.1 Å². The van der Waals surface area contributed by atoms with Crippen LogP contribution in [-0.4, -0.2) is 21.8 Å². The Hall–Kier alpha value is -4.69. The van der Waals surface area contributed by atoms with E-state index in [0.29, 0.717) is 22.3 Å². The molecular formula is C33H29FN4O2S. The third kappa shape index (κ3) is 5.02. The summed E-state index contributed by atoms with van der Waals surface area (Å²) in [5.74, 6) is 1.91. The van der Waals surface area contributed by atoms with Crippen molar-refractivity contribution in [2.75, 3.05) is 12.0 Å². The Morgan fingerprint density at radius 2 is 1.51 bits per heavy atom. The van der Waals surface area contributed by atoms with Crippen molar-refractivity contribution in [1.29, 1.82) is 0 Å². The van der Waals surface area contributed by atoms with Crippen LogP contribution < -0.4 is 19.7 Å². The zero-order chi connectivity index (χ0) is 28.5. The van der Waals surface area contributed by atoms with Crippen LogP contribution >= 0.6 is 12.2 Å². The number of pyridine rings is 1. The highest BCUT2D eigenvalue weighted by molar-refractivity contribution is 7.80. The maximum atomic E-state index is 14.9. The molecule has 3 aromatic carbocycles. The van der Waals surface area contributed by atoms with E-state index in [1.54, 1.807) is 25.4 Å². The fourth-order valence-corrected chi connectivity index (χ4v) is 5.84. The maximum Gasteiger partial charge on any atom is 0.174 e. The van der Waals surface area contributed by atoms with Crippen LogP contribution in [0.25, 0.3) is 5.69 Å². The molecular weight excluding hydrogens is 535 g/mol. The van der Waals surface area contributed by atoms with Crippen molar-refractivity contribution in [2.24, 2.45) is 0 Å². The maximum absolute atomic E-state index is 14.9. The topological polar surface area (TPSA) is 51.6 Å². The molecule has 1 aliphatic rings. The standard InChI is InChI=1S/C33H29FN4O2S/c1-21-20-27(22(2)37(21)30-10-5-4-8-28(30)34)32-31(29-9-6-7-19-35-29)36-33(41)38(32)23-11-13-25(14-12-23)40-26-17-15-24(39-3)16-18-26/h4-20,31-32H,1-3H3,(H,36,41)/t31-,32+/m1/s1. The number of rotatable bonds is 7. The molecule has 0 saturated carbocycles. The quantitative estimate of drug-likeness (QED) is 0.205. The SMILES string of the molecule is COc1ccc(Oc2ccc(N3C(=S)N[C@H](c4ccccn4)[C@@H]3c3cc(C)n(-c4ccccc4F)c3C)cc2)cc1. The summed E-state index contributed by atoms with van der Waals surface area (Å²) in [5.41, 5.74) is 5.20. The van der Waals surface area contributed by atoms with Gasteiger partial charge < -0.3 is 24.3 Å². The predicted octanol–water partition coefficient (Wildman–Crippen LogP) is 7.61. The molecule has 2 aromatic heterocycles. The second-order valence-electron chi connectivity index (χ2n) is 9.88. The fraction of sp³-hybridized carbons (Fsp3) is 0.152. The first-order chi connectivity index (χ1) is 19.9. The molecule has 6 rings (SSSR count). The molecule has 0 amide bonds. The van der Waals surface area contributed by atoms with Crippen LogP contribution in [-0.2, 0) is 0 Å². The number of halogens is 1. The van der Waals surface area contributed by atoms with Crippen molar-refractivity contribution in [3.05, 3.63) is 132 Å². The van der Waals surface area contributed by atoms with E-state index in [4.69, 9.17) is 21.7 Å². The minimum absolute atomic E-state index is 0.214. The number of methoxy groups -OCH3 is 1. The van der Waals surface area contributed by atoms with Crippen molar-refractivity contribution in [1.82, 2.24) is 14.9 Å². The van der Waals surface area contributed by atoms with Crippen LogP contribution in [0.5, 0.6) is 17.2 Å². The molecule has 1 saturated heterocycles. The van der Waals surface area contributed by atoms with Crippen LogP contribution in [0, 0.1) is 19.7 Å². The minimum atomic E-state index is -0.272. The number of thiocarbonyl (C=S) groups is 1. The summed E-state index contributed by atoms with van der Waals surface area (Å²) in [5, 5.41) is 4.10. The van der Waals surface area contributed by atoms with E-state index in [2.05, 4.69) is 21.3 Å². The van der Waals surface area contributed by atoms with Gasteiger partial charge in [0.15, 0.2) is 5.11 Å². The van der Waals surface area contributed by atoms with E-state index in [9.17, 15) is 4.39 Å². The van der Waals surface area contributed by atoms with Crippen molar-refractivity contribution in [3.8, 4) is 22.9 Å². The zero-order valence-electron chi connectivity index (χ0n) is 22.9. The Morgan fingerprint density at radius 1 is 0.854 bits per heavy atom. The first-order valence-corrected chi connectivity index (χ1v) is 13.7. The molecule has 0 unspecified atom stereocenters. The molecule has 0 aliphatic carbocycles. The third-order valence-corrected chi connectivity index (χ3v) is 7.70.